The van der Waals surface area contributed by atoms with E-state index in [0.717, 1.165) is 90.7 Å². The topological polar surface area (TPSA) is 224 Å². The Labute approximate surface area is 760 Å². The van der Waals surface area contributed by atoms with Gasteiger partial charge in [0.2, 0.25) is 0 Å². The number of fused-ring (bicyclic) bond motifs is 2. The quantitative estimate of drug-likeness (QED) is 0.0161. The number of rotatable bonds is 35. The standard InChI is InChI=1S/2C21H24O2.C21H22O2.C19H22O2.2C17H20O2/c3*1-16(2)13-20(21(22)23)15-19-10-6-9-18(14-19)12-11-17-7-4-3-5-8-17;1-14(2)11-18(19(20)21)13-15-7-6-10-17(12-15)16-8-4-3-5-9-16;1-12(2)10-15(17(18)19)11-14-8-5-7-13-6-3-4-9-16(13)14;1-12(2)9-16(17(18)19)11-13-7-8-14-5-3-4-6-15(14)10-13/h2*3-12,14,16,20H,13,15H2,1-2H3,(H,22,23);3-10,14,16,20H,13,15H2,1-2H3,(H,22,23);3-10,12,14,18H,11,13H2,1-2H3,(H,20,21);3-9,12,15H,10-11H2,1-2H3,(H,18,19);3-8,10,12,16H,9,11H2,1-2H3,(H,18,19)/b12-11+;12-11-;;;;. The molecule has 0 aliphatic heterocycles. The Morgan fingerprint density at radius 2 is 0.516 bits per heavy atom. The van der Waals surface area contributed by atoms with Gasteiger partial charge in [0, 0.05) is 11.1 Å². The number of carbonyl (C=O) groups is 6. The highest BCUT2D eigenvalue weighted by molar-refractivity contribution is 5.87. The van der Waals surface area contributed by atoms with Crippen molar-refractivity contribution in [2.75, 3.05) is 0 Å². The van der Waals surface area contributed by atoms with Crippen LogP contribution in [0.15, 0.2) is 303 Å². The minimum Gasteiger partial charge on any atom is -0.481 e. The highest BCUT2D eigenvalue weighted by atomic mass is 16.4. The zero-order valence-corrected chi connectivity index (χ0v) is 76.7. The predicted molar refractivity (Wildman–Crippen MR) is 528 cm³/mol. The second kappa shape index (κ2) is 54.8. The lowest BCUT2D eigenvalue weighted by atomic mass is 9.89. The first kappa shape index (κ1) is 102. The zero-order chi connectivity index (χ0) is 92.9. The largest absolute Gasteiger partial charge is 0.481 e. The fourth-order valence-corrected chi connectivity index (χ4v) is 15.7. The predicted octanol–water partition coefficient (Wildman–Crippen LogP) is 27.6. The summed E-state index contributed by atoms with van der Waals surface area (Å²) in [7, 11) is 0. The van der Waals surface area contributed by atoms with E-state index >= 15 is 0 Å². The summed E-state index contributed by atoms with van der Waals surface area (Å²) in [5.74, 6) is 2.53. The van der Waals surface area contributed by atoms with Crippen molar-refractivity contribution in [2.24, 2.45) is 71.0 Å². The van der Waals surface area contributed by atoms with Crippen LogP contribution in [0.3, 0.4) is 0 Å². The summed E-state index contributed by atoms with van der Waals surface area (Å²) >= 11 is 0. The van der Waals surface area contributed by atoms with Crippen LogP contribution in [0.1, 0.15) is 188 Å². The van der Waals surface area contributed by atoms with Crippen molar-refractivity contribution < 1.29 is 59.4 Å². The third-order valence-corrected chi connectivity index (χ3v) is 21.7. The number of hydrogen-bond donors (Lipinski definition) is 6. The molecule has 0 heterocycles. The van der Waals surface area contributed by atoms with Crippen molar-refractivity contribution in [3.05, 3.63) is 370 Å². The third-order valence-electron chi connectivity index (χ3n) is 21.7. The summed E-state index contributed by atoms with van der Waals surface area (Å²) in [6.07, 6.45) is 16.1. The molecule has 0 aromatic heterocycles. The lowest BCUT2D eigenvalue weighted by Crippen LogP contribution is -2.18. The Morgan fingerprint density at radius 1 is 0.234 bits per heavy atom. The van der Waals surface area contributed by atoms with Crippen LogP contribution in [0.4, 0.5) is 0 Å². The molecule has 0 saturated carbocycles. The number of aliphatic carboxylic acids is 6. The Balaban J connectivity index is 0.000000211. The second-order valence-corrected chi connectivity index (χ2v) is 35.9. The van der Waals surface area contributed by atoms with Crippen LogP contribution in [0.2, 0.25) is 0 Å². The van der Waals surface area contributed by atoms with E-state index in [1.54, 1.807) is 0 Å². The molecule has 6 unspecified atom stereocenters. The summed E-state index contributed by atoms with van der Waals surface area (Å²) in [5.41, 5.74) is 15.2. The summed E-state index contributed by atoms with van der Waals surface area (Å²) in [4.78, 5) is 68.3. The van der Waals surface area contributed by atoms with Crippen molar-refractivity contribution in [2.45, 2.75) is 160 Å². The Bertz CT molecular complexity index is 5390. The molecular weight excluding hydrogens is 1590 g/mol. The monoisotopic (exact) mass is 1720 g/mol. The van der Waals surface area contributed by atoms with Gasteiger partial charge in [0.15, 0.2) is 0 Å². The van der Waals surface area contributed by atoms with Gasteiger partial charge in [-0.1, -0.05) is 398 Å². The maximum atomic E-state index is 11.4. The van der Waals surface area contributed by atoms with Crippen LogP contribution in [0.5, 0.6) is 0 Å². The molecule has 0 bridgehead atoms. The fraction of sp³-hybridized carbons (Fsp3) is 0.310. The van der Waals surface area contributed by atoms with Crippen molar-refractivity contribution in [3.63, 3.8) is 0 Å². The summed E-state index contributed by atoms with van der Waals surface area (Å²) in [6, 6.07) is 101. The highest BCUT2D eigenvalue weighted by Gasteiger charge is 2.25. The van der Waals surface area contributed by atoms with Gasteiger partial charge in [-0.3, -0.25) is 28.8 Å². The van der Waals surface area contributed by atoms with E-state index in [2.05, 4.69) is 222 Å². The van der Waals surface area contributed by atoms with E-state index in [1.807, 2.05) is 200 Å². The number of hydrogen-bond acceptors (Lipinski definition) is 6. The summed E-state index contributed by atoms with van der Waals surface area (Å²) < 4.78 is 0. The van der Waals surface area contributed by atoms with Crippen molar-refractivity contribution >= 4 is 81.7 Å². The molecule has 668 valence electrons. The maximum Gasteiger partial charge on any atom is 0.306 e. The molecule has 0 saturated heterocycles. The average Bonchev–Trinajstić information content (AvgIpc) is 0.811. The van der Waals surface area contributed by atoms with E-state index < -0.39 is 35.8 Å². The van der Waals surface area contributed by atoms with Gasteiger partial charge in [-0.15, -0.1) is 0 Å². The minimum absolute atomic E-state index is 0.291. The van der Waals surface area contributed by atoms with E-state index in [4.69, 9.17) is 0 Å². The van der Waals surface area contributed by atoms with Crippen molar-refractivity contribution in [3.8, 4) is 23.0 Å². The van der Waals surface area contributed by atoms with E-state index in [9.17, 15) is 59.4 Å². The number of carboxylic acids is 6. The smallest absolute Gasteiger partial charge is 0.306 e. The molecule has 12 nitrogen and oxygen atoms in total. The lowest BCUT2D eigenvalue weighted by molar-refractivity contribution is -0.143. The Kier molecular flexibility index (Phi) is 43.7. The average molecular weight is 1720 g/mol. The molecule has 0 amide bonds. The Hall–Kier alpha value is -13.0. The molecule has 12 aromatic rings. The van der Waals surface area contributed by atoms with Crippen LogP contribution >= 0.6 is 0 Å². The van der Waals surface area contributed by atoms with Crippen molar-refractivity contribution in [1.29, 1.82) is 0 Å². The van der Waals surface area contributed by atoms with Gasteiger partial charge in [-0.25, -0.2) is 0 Å². The molecule has 6 atom stereocenters. The molecular formula is C116H132O12. The molecule has 12 aromatic carbocycles. The Morgan fingerprint density at radius 3 is 0.930 bits per heavy atom. The second-order valence-electron chi connectivity index (χ2n) is 35.9. The molecule has 0 aliphatic carbocycles. The molecule has 0 aliphatic rings. The molecule has 0 fully saturated rings. The molecule has 12 heteroatoms. The van der Waals surface area contributed by atoms with Gasteiger partial charge in [0.05, 0.1) is 35.5 Å². The fourth-order valence-electron chi connectivity index (χ4n) is 15.7. The van der Waals surface area contributed by atoms with Gasteiger partial charge < -0.3 is 30.6 Å². The molecule has 0 spiro atoms. The van der Waals surface area contributed by atoms with E-state index in [1.165, 1.54) is 21.5 Å². The first-order valence-electron chi connectivity index (χ1n) is 45.1. The highest BCUT2D eigenvalue weighted by Crippen LogP contribution is 2.30. The van der Waals surface area contributed by atoms with Gasteiger partial charge in [0.25, 0.3) is 0 Å². The molecule has 12 rings (SSSR count). The molecule has 6 N–H and O–H groups in total. The van der Waals surface area contributed by atoms with Gasteiger partial charge in [-0.05, 0) is 225 Å². The molecule has 128 heavy (non-hydrogen) atoms. The maximum absolute atomic E-state index is 11.4. The van der Waals surface area contributed by atoms with Crippen LogP contribution in [-0.4, -0.2) is 66.5 Å². The normalized spacial score (nSPS) is 12.5. The first-order chi connectivity index (χ1) is 61.3. The first-order valence-corrected chi connectivity index (χ1v) is 45.1. The van der Waals surface area contributed by atoms with Crippen molar-refractivity contribution in [1.82, 2.24) is 0 Å². The zero-order valence-electron chi connectivity index (χ0n) is 76.7. The van der Waals surface area contributed by atoms with Crippen LogP contribution in [-0.2, 0) is 67.3 Å². The van der Waals surface area contributed by atoms with Gasteiger partial charge in [-0.2, -0.15) is 0 Å². The van der Waals surface area contributed by atoms with Crippen LogP contribution in [0.25, 0.3) is 57.0 Å². The third kappa shape index (κ3) is 38.9. The lowest BCUT2D eigenvalue weighted by Gasteiger charge is -2.16. The SMILES string of the molecule is CC(C)CC(Cc1ccc2ccccc2c1)C(=O)O.CC(C)CC(Cc1cccc(-c2ccccc2)c1)C(=O)O.CC(C)CC(Cc1cccc(/C=C/c2ccccc2)c1)C(=O)O.CC(C)CC(Cc1cccc(/C=C\c2ccccc2)c1)C(=O)O.CC(C)CC(Cc1cccc(C#Cc2ccccc2)c1)C(=O)O.CC(C)CC(Cc1cccc2ccccc12)C(=O)O. The number of carboxylic acid groups (broad SMARTS) is 6. The van der Waals surface area contributed by atoms with Crippen LogP contribution < -0.4 is 0 Å². The van der Waals surface area contributed by atoms with Gasteiger partial charge in [0.1, 0.15) is 0 Å². The van der Waals surface area contributed by atoms with E-state index in [0.29, 0.717) is 99.7 Å². The summed E-state index contributed by atoms with van der Waals surface area (Å²) in [6.45, 7) is 24.8. The number of benzene rings is 12. The van der Waals surface area contributed by atoms with Crippen LogP contribution in [0, 0.1) is 82.9 Å². The van der Waals surface area contributed by atoms with E-state index in [-0.39, 0.29) is 35.5 Å². The molecule has 0 radical (unpaired) electrons. The summed E-state index contributed by atoms with van der Waals surface area (Å²) in [5, 5.41) is 60.9. The van der Waals surface area contributed by atoms with Gasteiger partial charge >= 0.3 is 35.8 Å². The minimum atomic E-state index is -0.723.